The van der Waals surface area contributed by atoms with Crippen LogP contribution in [0, 0.1) is 0 Å². The number of amides is 1. The molecule has 0 saturated carbocycles. The maximum Gasteiger partial charge on any atom is 0.249 e. The molecule has 1 aliphatic heterocycles. The lowest BCUT2D eigenvalue weighted by atomic mass is 10.0. The number of carbonyl (C=O) groups is 1. The van der Waals surface area contributed by atoms with Crippen LogP contribution in [0.2, 0.25) is 0 Å². The van der Waals surface area contributed by atoms with Gasteiger partial charge in [-0.2, -0.15) is 0 Å². The zero-order chi connectivity index (χ0) is 16.2. The minimum absolute atomic E-state index is 0.344. The van der Waals surface area contributed by atoms with E-state index in [0.29, 0.717) is 11.6 Å². The molecule has 1 aliphatic rings. The third-order valence-electron chi connectivity index (χ3n) is 4.48. The number of primary amides is 1. The molecule has 23 heavy (non-hydrogen) atoms. The van der Waals surface area contributed by atoms with Crippen LogP contribution in [0.1, 0.15) is 28.1 Å². The third-order valence-corrected chi connectivity index (χ3v) is 5.41. The van der Waals surface area contributed by atoms with Gasteiger partial charge in [0.25, 0.3) is 0 Å². The molecular formula is C18H23N3OS. The van der Waals surface area contributed by atoms with Crippen molar-refractivity contribution < 1.29 is 4.79 Å². The quantitative estimate of drug-likeness (QED) is 0.917. The molecule has 1 aromatic carbocycles. The van der Waals surface area contributed by atoms with Crippen LogP contribution in [0.5, 0.6) is 0 Å². The van der Waals surface area contributed by atoms with Gasteiger partial charge in [-0.3, -0.25) is 9.69 Å². The molecule has 0 bridgehead atoms. The molecule has 1 atom stereocenters. The van der Waals surface area contributed by atoms with Gasteiger partial charge in [0.05, 0.1) is 5.56 Å². The van der Waals surface area contributed by atoms with E-state index in [-0.39, 0.29) is 5.91 Å². The largest absolute Gasteiger partial charge is 0.370 e. The van der Waals surface area contributed by atoms with Crippen LogP contribution in [0.15, 0.2) is 41.8 Å². The van der Waals surface area contributed by atoms with E-state index in [4.69, 9.17) is 5.73 Å². The molecule has 0 aliphatic carbocycles. The SMILES string of the molecule is CN(Cc1cc(C(N)=O)cs1)C1CCCN(c2ccccc2)C1. The molecule has 1 saturated heterocycles. The number of thiophene rings is 1. The first-order chi connectivity index (χ1) is 11.1. The lowest BCUT2D eigenvalue weighted by Crippen LogP contribution is -2.46. The number of nitrogens with two attached hydrogens (primary N) is 1. The van der Waals surface area contributed by atoms with E-state index < -0.39 is 0 Å². The van der Waals surface area contributed by atoms with Gasteiger partial charge in [0.2, 0.25) is 5.91 Å². The Morgan fingerprint density at radius 2 is 2.17 bits per heavy atom. The Morgan fingerprint density at radius 1 is 1.39 bits per heavy atom. The maximum absolute atomic E-state index is 11.2. The predicted octanol–water partition coefficient (Wildman–Crippen LogP) is 2.95. The number of piperidine rings is 1. The van der Waals surface area contributed by atoms with Gasteiger partial charge < -0.3 is 10.6 Å². The van der Waals surface area contributed by atoms with Crippen LogP contribution in [0.25, 0.3) is 0 Å². The van der Waals surface area contributed by atoms with E-state index in [1.165, 1.54) is 23.4 Å². The minimum Gasteiger partial charge on any atom is -0.370 e. The number of likely N-dealkylation sites (N-methyl/N-ethyl adjacent to an activating group) is 1. The van der Waals surface area contributed by atoms with Crippen LogP contribution < -0.4 is 10.6 Å². The normalized spacial score (nSPS) is 18.3. The molecule has 1 fully saturated rings. The van der Waals surface area contributed by atoms with Crippen LogP contribution in [-0.4, -0.2) is 37.0 Å². The van der Waals surface area contributed by atoms with Crippen molar-refractivity contribution in [3.05, 3.63) is 52.2 Å². The lowest BCUT2D eigenvalue weighted by Gasteiger charge is -2.38. The summed E-state index contributed by atoms with van der Waals surface area (Å²) in [4.78, 5) is 17.3. The highest BCUT2D eigenvalue weighted by molar-refractivity contribution is 7.10. The molecule has 2 heterocycles. The first-order valence-electron chi connectivity index (χ1n) is 8.01. The first kappa shape index (κ1) is 16.0. The van der Waals surface area contributed by atoms with Crippen LogP contribution in [-0.2, 0) is 6.54 Å². The Kier molecular flexibility index (Phi) is 4.98. The first-order valence-corrected chi connectivity index (χ1v) is 8.89. The fraction of sp³-hybridized carbons (Fsp3) is 0.389. The molecule has 1 amide bonds. The molecule has 1 unspecified atom stereocenters. The van der Waals surface area contributed by atoms with Crippen molar-refractivity contribution in [2.75, 3.05) is 25.0 Å². The molecule has 2 aromatic rings. The second kappa shape index (κ2) is 7.15. The summed E-state index contributed by atoms with van der Waals surface area (Å²) in [5.41, 5.74) is 7.25. The van der Waals surface area contributed by atoms with Gasteiger partial charge in [-0.15, -0.1) is 11.3 Å². The van der Waals surface area contributed by atoms with Crippen molar-refractivity contribution in [1.29, 1.82) is 0 Å². The Labute approximate surface area is 141 Å². The molecule has 4 nitrogen and oxygen atoms in total. The van der Waals surface area contributed by atoms with Crippen molar-refractivity contribution in [1.82, 2.24) is 4.90 Å². The van der Waals surface area contributed by atoms with Crippen molar-refractivity contribution >= 4 is 22.9 Å². The van der Waals surface area contributed by atoms with Gasteiger partial charge >= 0.3 is 0 Å². The number of benzene rings is 1. The zero-order valence-corrected chi connectivity index (χ0v) is 14.3. The fourth-order valence-corrected chi connectivity index (χ4v) is 4.09. The van der Waals surface area contributed by atoms with E-state index in [1.807, 2.05) is 11.4 Å². The number of para-hydroxylation sites is 1. The van der Waals surface area contributed by atoms with Crippen molar-refractivity contribution in [2.45, 2.75) is 25.4 Å². The summed E-state index contributed by atoms with van der Waals surface area (Å²) in [7, 11) is 2.17. The standard InChI is InChI=1S/C18H23N3OS/c1-20(12-17-10-14(13-23-17)18(19)22)16-8-5-9-21(11-16)15-6-3-2-4-7-15/h2-4,6-7,10,13,16H,5,8-9,11-12H2,1H3,(H2,19,22). The summed E-state index contributed by atoms with van der Waals surface area (Å²) in [5.74, 6) is -0.344. The van der Waals surface area contributed by atoms with Gasteiger partial charge in [-0.25, -0.2) is 0 Å². The third kappa shape index (κ3) is 3.92. The number of nitrogens with zero attached hydrogens (tertiary/aromatic N) is 2. The molecule has 0 spiro atoms. The number of anilines is 1. The van der Waals surface area contributed by atoms with E-state index in [9.17, 15) is 4.79 Å². The summed E-state index contributed by atoms with van der Waals surface area (Å²) in [6.45, 7) is 3.04. The fourth-order valence-electron chi connectivity index (χ4n) is 3.16. The average Bonchev–Trinajstić information content (AvgIpc) is 3.04. The Bertz CT molecular complexity index is 655. The van der Waals surface area contributed by atoms with Gasteiger partial charge in [-0.1, -0.05) is 18.2 Å². The van der Waals surface area contributed by atoms with E-state index >= 15 is 0 Å². The molecule has 1 aromatic heterocycles. The lowest BCUT2D eigenvalue weighted by molar-refractivity contribution is 0.100. The maximum atomic E-state index is 11.2. The number of hydrogen-bond acceptors (Lipinski definition) is 4. The molecule has 122 valence electrons. The summed E-state index contributed by atoms with van der Waals surface area (Å²) in [6.07, 6.45) is 2.43. The number of rotatable bonds is 5. The Balaban J connectivity index is 1.62. The van der Waals surface area contributed by atoms with E-state index in [0.717, 1.165) is 19.6 Å². The minimum atomic E-state index is -0.344. The second-order valence-corrected chi connectivity index (χ2v) is 7.15. The van der Waals surface area contributed by atoms with E-state index in [1.54, 1.807) is 11.3 Å². The highest BCUT2D eigenvalue weighted by Gasteiger charge is 2.23. The van der Waals surface area contributed by atoms with Crippen LogP contribution in [0.4, 0.5) is 5.69 Å². The zero-order valence-electron chi connectivity index (χ0n) is 13.4. The van der Waals surface area contributed by atoms with Gasteiger partial charge in [-0.05, 0) is 38.1 Å². The van der Waals surface area contributed by atoms with Crippen molar-refractivity contribution in [2.24, 2.45) is 5.73 Å². The van der Waals surface area contributed by atoms with Crippen LogP contribution >= 0.6 is 11.3 Å². The molecule has 5 heteroatoms. The summed E-state index contributed by atoms with van der Waals surface area (Å²) in [5, 5.41) is 1.85. The average molecular weight is 329 g/mol. The summed E-state index contributed by atoms with van der Waals surface area (Å²) >= 11 is 1.61. The van der Waals surface area contributed by atoms with Gasteiger partial charge in [0, 0.05) is 41.6 Å². The Morgan fingerprint density at radius 3 is 2.87 bits per heavy atom. The highest BCUT2D eigenvalue weighted by Crippen LogP contribution is 2.24. The topological polar surface area (TPSA) is 49.6 Å². The molecular weight excluding hydrogens is 306 g/mol. The molecule has 3 rings (SSSR count). The number of hydrogen-bond donors (Lipinski definition) is 1. The highest BCUT2D eigenvalue weighted by atomic mass is 32.1. The second-order valence-electron chi connectivity index (χ2n) is 6.16. The summed E-state index contributed by atoms with van der Waals surface area (Å²) < 4.78 is 0. The van der Waals surface area contributed by atoms with Crippen molar-refractivity contribution in [3.63, 3.8) is 0 Å². The smallest absolute Gasteiger partial charge is 0.249 e. The predicted molar refractivity (Wildman–Crippen MR) is 96.0 cm³/mol. The van der Waals surface area contributed by atoms with Gasteiger partial charge in [0.1, 0.15) is 0 Å². The van der Waals surface area contributed by atoms with Crippen molar-refractivity contribution in [3.8, 4) is 0 Å². The molecule has 0 radical (unpaired) electrons. The monoisotopic (exact) mass is 329 g/mol. The van der Waals surface area contributed by atoms with E-state index in [2.05, 4.69) is 47.2 Å². The molecule has 2 N–H and O–H groups in total. The van der Waals surface area contributed by atoms with Gasteiger partial charge in [0.15, 0.2) is 0 Å². The summed E-state index contributed by atoms with van der Waals surface area (Å²) in [6, 6.07) is 13.1. The number of carbonyl (C=O) groups excluding carboxylic acids is 1. The Hall–Kier alpha value is -1.85. The van der Waals surface area contributed by atoms with Crippen LogP contribution in [0.3, 0.4) is 0 Å².